The topological polar surface area (TPSA) is 57.8 Å². The fourth-order valence-corrected chi connectivity index (χ4v) is 2.54. The number of hydrogen-bond donors (Lipinski definition) is 2. The molecule has 1 aromatic carbocycles. The molecule has 0 unspecified atom stereocenters. The molecule has 0 bridgehead atoms. The monoisotopic (exact) mass is 297 g/mol. The molecule has 112 valence electrons. The maximum atomic E-state index is 13.4. The molecule has 1 amide bonds. The van der Waals surface area contributed by atoms with Gasteiger partial charge in [0.15, 0.2) is 0 Å². The van der Waals surface area contributed by atoms with Gasteiger partial charge in [-0.2, -0.15) is 0 Å². The lowest BCUT2D eigenvalue weighted by Gasteiger charge is -2.05. The number of halogens is 1. The van der Waals surface area contributed by atoms with Gasteiger partial charge in [0.2, 0.25) is 5.91 Å². The quantitative estimate of drug-likeness (QED) is 0.777. The second kappa shape index (κ2) is 5.60. The maximum absolute atomic E-state index is 13.4. The first kappa shape index (κ1) is 14.3. The van der Waals surface area contributed by atoms with Crippen molar-refractivity contribution in [3.05, 3.63) is 59.2 Å². The molecule has 0 saturated carbocycles. The number of pyridine rings is 1. The molecule has 0 saturated heterocycles. The normalized spacial score (nSPS) is 10.9. The summed E-state index contributed by atoms with van der Waals surface area (Å²) in [7, 11) is 0. The Hall–Kier alpha value is -2.69. The largest absolute Gasteiger partial charge is 0.358 e. The lowest BCUT2D eigenvalue weighted by molar-refractivity contribution is -0.115. The summed E-state index contributed by atoms with van der Waals surface area (Å²) in [4.78, 5) is 19.6. The van der Waals surface area contributed by atoms with Crippen molar-refractivity contribution in [3.63, 3.8) is 0 Å². The molecule has 2 heterocycles. The van der Waals surface area contributed by atoms with E-state index in [2.05, 4.69) is 15.3 Å². The van der Waals surface area contributed by atoms with E-state index in [-0.39, 0.29) is 18.1 Å². The second-order valence-corrected chi connectivity index (χ2v) is 5.31. The van der Waals surface area contributed by atoms with Crippen LogP contribution in [-0.2, 0) is 11.2 Å². The Morgan fingerprint density at radius 2 is 2.09 bits per heavy atom. The Morgan fingerprint density at radius 1 is 1.27 bits per heavy atom. The molecule has 0 aliphatic carbocycles. The number of nitrogens with one attached hydrogen (secondary N) is 2. The average Bonchev–Trinajstić information content (AvgIpc) is 2.75. The van der Waals surface area contributed by atoms with Crippen LogP contribution in [0.3, 0.4) is 0 Å². The van der Waals surface area contributed by atoms with Gasteiger partial charge in [-0.25, -0.2) is 9.37 Å². The van der Waals surface area contributed by atoms with Gasteiger partial charge in [0.1, 0.15) is 11.6 Å². The minimum atomic E-state index is -0.312. The van der Waals surface area contributed by atoms with Crippen molar-refractivity contribution >= 4 is 22.6 Å². The highest BCUT2D eigenvalue weighted by Crippen LogP contribution is 2.23. The zero-order valence-corrected chi connectivity index (χ0v) is 12.4. The van der Waals surface area contributed by atoms with Crippen molar-refractivity contribution in [1.29, 1.82) is 0 Å². The van der Waals surface area contributed by atoms with Gasteiger partial charge >= 0.3 is 0 Å². The number of carbonyl (C=O) groups excluding carboxylic acids is 1. The van der Waals surface area contributed by atoms with E-state index in [0.717, 1.165) is 27.9 Å². The predicted molar refractivity (Wildman–Crippen MR) is 84.3 cm³/mol. The molecule has 4 nitrogen and oxygen atoms in total. The number of fused-ring (bicyclic) bond motifs is 1. The number of aryl methyl sites for hydroxylation is 2. The van der Waals surface area contributed by atoms with E-state index in [4.69, 9.17) is 0 Å². The minimum absolute atomic E-state index is 0.172. The van der Waals surface area contributed by atoms with Crippen LogP contribution in [0.4, 0.5) is 10.2 Å². The smallest absolute Gasteiger partial charge is 0.230 e. The highest BCUT2D eigenvalue weighted by Gasteiger charge is 2.13. The number of carbonyl (C=O) groups is 1. The van der Waals surface area contributed by atoms with Crippen LogP contribution in [0.15, 0.2) is 36.4 Å². The highest BCUT2D eigenvalue weighted by molar-refractivity contribution is 5.95. The number of aromatic amines is 1. The summed E-state index contributed by atoms with van der Waals surface area (Å²) in [6, 6.07) is 9.98. The molecule has 2 N–H and O–H groups in total. The molecule has 5 heteroatoms. The van der Waals surface area contributed by atoms with E-state index in [9.17, 15) is 9.18 Å². The summed E-state index contributed by atoms with van der Waals surface area (Å²) < 4.78 is 13.4. The van der Waals surface area contributed by atoms with E-state index in [0.29, 0.717) is 5.82 Å². The molecule has 0 atom stereocenters. The van der Waals surface area contributed by atoms with Gasteiger partial charge in [-0.1, -0.05) is 6.07 Å². The molecule has 3 aromatic rings. The molecule has 0 fully saturated rings. The Morgan fingerprint density at radius 3 is 2.86 bits per heavy atom. The summed E-state index contributed by atoms with van der Waals surface area (Å²) in [5.74, 6) is 0.0357. The van der Waals surface area contributed by atoms with Crippen LogP contribution in [0.5, 0.6) is 0 Å². The molecular weight excluding hydrogens is 281 g/mol. The fourth-order valence-electron chi connectivity index (χ4n) is 2.54. The van der Waals surface area contributed by atoms with Crippen molar-refractivity contribution in [3.8, 4) is 0 Å². The molecule has 0 radical (unpaired) electrons. The van der Waals surface area contributed by atoms with Crippen molar-refractivity contribution in [1.82, 2.24) is 9.97 Å². The summed E-state index contributed by atoms with van der Waals surface area (Å²) >= 11 is 0. The fraction of sp³-hybridized carbons (Fsp3) is 0.176. The van der Waals surface area contributed by atoms with E-state index >= 15 is 0 Å². The Bertz CT molecular complexity index is 854. The van der Waals surface area contributed by atoms with Crippen molar-refractivity contribution < 1.29 is 9.18 Å². The van der Waals surface area contributed by atoms with E-state index in [1.165, 1.54) is 12.1 Å². The first-order valence-corrected chi connectivity index (χ1v) is 7.03. The number of benzene rings is 1. The Labute approximate surface area is 127 Å². The SMILES string of the molecule is Cc1cccc(NC(=O)Cc2c(C)[nH]c3ccc(F)cc23)n1. The lowest BCUT2D eigenvalue weighted by atomic mass is 10.1. The van der Waals surface area contributed by atoms with Crippen LogP contribution >= 0.6 is 0 Å². The zero-order chi connectivity index (χ0) is 15.7. The molecular formula is C17H16FN3O. The van der Waals surface area contributed by atoms with Crippen LogP contribution < -0.4 is 5.32 Å². The predicted octanol–water partition coefficient (Wildman–Crippen LogP) is 3.50. The summed E-state index contributed by atoms with van der Waals surface area (Å²) in [6.45, 7) is 3.74. The molecule has 0 spiro atoms. The molecule has 3 rings (SSSR count). The van der Waals surface area contributed by atoms with Gasteiger partial charge in [-0.3, -0.25) is 4.79 Å². The Balaban J connectivity index is 1.85. The summed E-state index contributed by atoms with van der Waals surface area (Å²) in [5.41, 5.74) is 3.34. The van der Waals surface area contributed by atoms with Gasteiger partial charge in [-0.15, -0.1) is 0 Å². The summed E-state index contributed by atoms with van der Waals surface area (Å²) in [5, 5.41) is 3.51. The lowest BCUT2D eigenvalue weighted by Crippen LogP contribution is -2.15. The third-order valence-electron chi connectivity index (χ3n) is 3.57. The number of aromatic nitrogens is 2. The third-order valence-corrected chi connectivity index (χ3v) is 3.57. The second-order valence-electron chi connectivity index (χ2n) is 5.31. The standard InChI is InChI=1S/C17H16FN3O/c1-10-4-3-5-16(19-10)21-17(22)9-13-11(2)20-15-7-6-12(18)8-14(13)15/h3-8,20H,9H2,1-2H3,(H,19,21,22). The third kappa shape index (κ3) is 2.83. The van der Waals surface area contributed by atoms with Crippen molar-refractivity contribution in [2.24, 2.45) is 0 Å². The van der Waals surface area contributed by atoms with Gasteiger partial charge in [0.25, 0.3) is 0 Å². The van der Waals surface area contributed by atoms with Gasteiger partial charge in [0, 0.05) is 22.3 Å². The van der Waals surface area contributed by atoms with Gasteiger partial charge < -0.3 is 10.3 Å². The molecule has 2 aromatic heterocycles. The number of H-pyrrole nitrogens is 1. The van der Waals surface area contributed by atoms with Crippen LogP contribution in [0.25, 0.3) is 10.9 Å². The molecule has 0 aliphatic heterocycles. The average molecular weight is 297 g/mol. The van der Waals surface area contributed by atoms with Gasteiger partial charge in [0.05, 0.1) is 6.42 Å². The van der Waals surface area contributed by atoms with E-state index in [1.54, 1.807) is 12.1 Å². The molecule has 0 aliphatic rings. The molecule has 22 heavy (non-hydrogen) atoms. The van der Waals surface area contributed by atoms with Crippen LogP contribution in [-0.4, -0.2) is 15.9 Å². The minimum Gasteiger partial charge on any atom is -0.358 e. The van der Waals surface area contributed by atoms with Crippen molar-refractivity contribution in [2.45, 2.75) is 20.3 Å². The van der Waals surface area contributed by atoms with Gasteiger partial charge in [-0.05, 0) is 49.7 Å². The Kier molecular flexibility index (Phi) is 3.63. The first-order chi connectivity index (χ1) is 10.5. The van der Waals surface area contributed by atoms with Crippen LogP contribution in [0.1, 0.15) is 17.0 Å². The number of hydrogen-bond acceptors (Lipinski definition) is 2. The number of amides is 1. The summed E-state index contributed by atoms with van der Waals surface area (Å²) in [6.07, 6.45) is 0.172. The maximum Gasteiger partial charge on any atom is 0.230 e. The zero-order valence-electron chi connectivity index (χ0n) is 12.4. The number of nitrogens with zero attached hydrogens (tertiary/aromatic N) is 1. The highest BCUT2D eigenvalue weighted by atomic mass is 19.1. The van der Waals surface area contributed by atoms with Crippen LogP contribution in [0.2, 0.25) is 0 Å². The van der Waals surface area contributed by atoms with Crippen LogP contribution in [0, 0.1) is 19.7 Å². The van der Waals surface area contributed by atoms with E-state index in [1.807, 2.05) is 26.0 Å². The number of anilines is 1. The van der Waals surface area contributed by atoms with E-state index < -0.39 is 0 Å². The van der Waals surface area contributed by atoms with Crippen molar-refractivity contribution in [2.75, 3.05) is 5.32 Å². The number of rotatable bonds is 3. The first-order valence-electron chi connectivity index (χ1n) is 7.03.